The first-order valence-corrected chi connectivity index (χ1v) is 9.13. The molecule has 1 aromatic carbocycles. The summed E-state index contributed by atoms with van der Waals surface area (Å²) >= 11 is 6.42. The quantitative estimate of drug-likeness (QED) is 0.480. The summed E-state index contributed by atoms with van der Waals surface area (Å²) in [6.45, 7) is 6.12. The van der Waals surface area contributed by atoms with Crippen LogP contribution >= 0.6 is 11.6 Å². The molecule has 0 saturated carbocycles. The van der Waals surface area contributed by atoms with Gasteiger partial charge in [-0.2, -0.15) is 5.10 Å². The summed E-state index contributed by atoms with van der Waals surface area (Å²) in [5.74, 6) is 0.145. The predicted molar refractivity (Wildman–Crippen MR) is 110 cm³/mol. The SMILES string of the molecule is CNC(=O)c1cc(Cl)c2cc(-c3nn(C(C)(C)C)c4ncnc(N)c34)[nH]c2c1. The van der Waals surface area contributed by atoms with E-state index in [1.165, 1.54) is 6.33 Å². The molecule has 4 rings (SSSR count). The number of carbonyl (C=O) groups is 1. The zero-order valence-corrected chi connectivity index (χ0v) is 16.7. The summed E-state index contributed by atoms with van der Waals surface area (Å²) in [6, 6.07) is 5.29. The van der Waals surface area contributed by atoms with Crippen LogP contribution in [0.15, 0.2) is 24.5 Å². The predicted octanol–water partition coefficient (Wildman–Crippen LogP) is 3.32. The normalized spacial score (nSPS) is 12.0. The summed E-state index contributed by atoms with van der Waals surface area (Å²) < 4.78 is 1.83. The second kappa shape index (κ2) is 6.20. The molecule has 0 aliphatic rings. The average molecular weight is 398 g/mol. The van der Waals surface area contributed by atoms with E-state index in [4.69, 9.17) is 22.4 Å². The molecule has 0 aliphatic heterocycles. The Morgan fingerprint density at radius 2 is 2.00 bits per heavy atom. The molecular formula is C19H20ClN7O. The van der Waals surface area contributed by atoms with Gasteiger partial charge >= 0.3 is 0 Å². The highest BCUT2D eigenvalue weighted by atomic mass is 35.5. The number of amides is 1. The first-order chi connectivity index (χ1) is 13.2. The fourth-order valence-corrected chi connectivity index (χ4v) is 3.50. The Morgan fingerprint density at radius 3 is 2.68 bits per heavy atom. The summed E-state index contributed by atoms with van der Waals surface area (Å²) in [5.41, 5.74) is 9.08. The highest BCUT2D eigenvalue weighted by molar-refractivity contribution is 6.36. The Balaban J connectivity index is 1.99. The van der Waals surface area contributed by atoms with Gasteiger partial charge in [0.2, 0.25) is 0 Å². The van der Waals surface area contributed by atoms with Crippen LogP contribution < -0.4 is 11.1 Å². The van der Waals surface area contributed by atoms with Crippen LogP contribution in [0, 0.1) is 0 Å². The number of hydrogen-bond acceptors (Lipinski definition) is 5. The van der Waals surface area contributed by atoms with Gasteiger partial charge in [0.1, 0.15) is 17.8 Å². The number of H-pyrrole nitrogens is 1. The van der Waals surface area contributed by atoms with Crippen molar-refractivity contribution in [2.75, 3.05) is 12.8 Å². The molecule has 0 radical (unpaired) electrons. The van der Waals surface area contributed by atoms with Crippen molar-refractivity contribution < 1.29 is 4.79 Å². The number of benzene rings is 1. The monoisotopic (exact) mass is 397 g/mol. The van der Waals surface area contributed by atoms with E-state index in [-0.39, 0.29) is 11.4 Å². The maximum Gasteiger partial charge on any atom is 0.251 e. The van der Waals surface area contributed by atoms with E-state index in [2.05, 4.69) is 20.3 Å². The van der Waals surface area contributed by atoms with Crippen LogP contribution in [-0.2, 0) is 5.54 Å². The molecule has 0 atom stereocenters. The van der Waals surface area contributed by atoms with Crippen molar-refractivity contribution in [3.8, 4) is 11.4 Å². The number of nitrogens with zero attached hydrogens (tertiary/aromatic N) is 4. The fraction of sp³-hybridized carbons (Fsp3) is 0.263. The zero-order valence-electron chi connectivity index (χ0n) is 16.0. The lowest BCUT2D eigenvalue weighted by Gasteiger charge is -2.19. The third kappa shape index (κ3) is 2.77. The number of fused-ring (bicyclic) bond motifs is 2. The largest absolute Gasteiger partial charge is 0.383 e. The molecule has 0 saturated heterocycles. The Labute approximate surface area is 166 Å². The molecule has 0 aliphatic carbocycles. The van der Waals surface area contributed by atoms with Crippen molar-refractivity contribution in [1.29, 1.82) is 0 Å². The average Bonchev–Trinajstić information content (AvgIpc) is 3.23. The van der Waals surface area contributed by atoms with Gasteiger partial charge in [-0.15, -0.1) is 0 Å². The van der Waals surface area contributed by atoms with Gasteiger partial charge in [0, 0.05) is 23.5 Å². The van der Waals surface area contributed by atoms with Gasteiger partial charge in [0.25, 0.3) is 5.91 Å². The molecule has 4 N–H and O–H groups in total. The number of nitrogen functional groups attached to an aromatic ring is 1. The van der Waals surface area contributed by atoms with E-state index in [0.717, 1.165) is 16.6 Å². The Kier molecular flexibility index (Phi) is 4.04. The van der Waals surface area contributed by atoms with Gasteiger partial charge in [-0.1, -0.05) is 11.6 Å². The molecule has 1 amide bonds. The topological polar surface area (TPSA) is 115 Å². The molecule has 3 aromatic heterocycles. The maximum atomic E-state index is 12.0. The van der Waals surface area contributed by atoms with Crippen molar-refractivity contribution in [2.45, 2.75) is 26.3 Å². The van der Waals surface area contributed by atoms with Crippen molar-refractivity contribution in [3.05, 3.63) is 35.1 Å². The molecule has 0 spiro atoms. The zero-order chi connectivity index (χ0) is 20.2. The van der Waals surface area contributed by atoms with Gasteiger partial charge in [-0.05, 0) is 39.0 Å². The van der Waals surface area contributed by atoms with E-state index in [1.807, 2.05) is 31.5 Å². The molecule has 0 unspecified atom stereocenters. The Morgan fingerprint density at radius 1 is 1.25 bits per heavy atom. The molecule has 0 bridgehead atoms. The lowest BCUT2D eigenvalue weighted by Crippen LogP contribution is -2.23. The van der Waals surface area contributed by atoms with Crippen LogP contribution in [0.25, 0.3) is 33.3 Å². The first kappa shape index (κ1) is 18.2. The van der Waals surface area contributed by atoms with Crippen molar-refractivity contribution in [3.63, 3.8) is 0 Å². The lowest BCUT2D eigenvalue weighted by atomic mass is 10.1. The summed E-state index contributed by atoms with van der Waals surface area (Å²) in [7, 11) is 1.58. The highest BCUT2D eigenvalue weighted by Crippen LogP contribution is 2.35. The van der Waals surface area contributed by atoms with Crippen LogP contribution in [0.2, 0.25) is 5.02 Å². The number of nitrogens with one attached hydrogen (secondary N) is 2. The maximum absolute atomic E-state index is 12.0. The number of aromatic nitrogens is 5. The van der Waals surface area contributed by atoms with Crippen LogP contribution in [0.1, 0.15) is 31.1 Å². The second-order valence-corrected chi connectivity index (χ2v) is 7.98. The van der Waals surface area contributed by atoms with Crippen LogP contribution in [0.5, 0.6) is 0 Å². The number of rotatable bonds is 2. The third-order valence-corrected chi connectivity index (χ3v) is 4.87. The minimum absolute atomic E-state index is 0.208. The lowest BCUT2D eigenvalue weighted by molar-refractivity contribution is 0.0963. The van der Waals surface area contributed by atoms with Crippen LogP contribution in [0.4, 0.5) is 5.82 Å². The van der Waals surface area contributed by atoms with E-state index in [1.54, 1.807) is 19.2 Å². The standard InChI is InChI=1S/C19H20ClN7O/c1-19(2,3)27-17-14(16(21)23-8-24-17)15(26-27)13-7-10-11(20)5-9(18(28)22-4)6-12(10)25-13/h5-8,25H,1-4H3,(H,22,28)(H2,21,23,24). The van der Waals surface area contributed by atoms with E-state index in [0.29, 0.717) is 33.1 Å². The summed E-state index contributed by atoms with van der Waals surface area (Å²) in [4.78, 5) is 23.8. The van der Waals surface area contributed by atoms with Gasteiger partial charge in [-0.25, -0.2) is 14.6 Å². The van der Waals surface area contributed by atoms with Gasteiger partial charge < -0.3 is 16.0 Å². The molecule has 9 heteroatoms. The number of nitrogens with two attached hydrogens (primary N) is 1. The van der Waals surface area contributed by atoms with E-state index in [9.17, 15) is 4.79 Å². The molecule has 144 valence electrons. The number of carbonyl (C=O) groups excluding carboxylic acids is 1. The van der Waals surface area contributed by atoms with Crippen LogP contribution in [0.3, 0.4) is 0 Å². The number of aromatic amines is 1. The summed E-state index contributed by atoms with van der Waals surface area (Å²) in [5, 5.41) is 9.31. The molecule has 28 heavy (non-hydrogen) atoms. The Bertz CT molecular complexity index is 1230. The van der Waals surface area contributed by atoms with Gasteiger partial charge in [-0.3, -0.25) is 4.79 Å². The van der Waals surface area contributed by atoms with Crippen LogP contribution in [-0.4, -0.2) is 37.7 Å². The molecule has 3 heterocycles. The molecule has 8 nitrogen and oxygen atoms in total. The molecule has 0 fully saturated rings. The Hall–Kier alpha value is -3.13. The van der Waals surface area contributed by atoms with E-state index >= 15 is 0 Å². The fourth-order valence-electron chi connectivity index (χ4n) is 3.23. The van der Waals surface area contributed by atoms with Gasteiger partial charge in [0.05, 0.1) is 21.6 Å². The summed E-state index contributed by atoms with van der Waals surface area (Å²) in [6.07, 6.45) is 1.43. The minimum atomic E-state index is -0.298. The van der Waals surface area contributed by atoms with Crippen molar-refractivity contribution in [2.24, 2.45) is 0 Å². The number of halogens is 1. The second-order valence-electron chi connectivity index (χ2n) is 7.57. The minimum Gasteiger partial charge on any atom is -0.383 e. The molecular weight excluding hydrogens is 378 g/mol. The third-order valence-electron chi connectivity index (χ3n) is 4.56. The number of anilines is 1. The van der Waals surface area contributed by atoms with Crippen molar-refractivity contribution >= 4 is 45.3 Å². The number of hydrogen-bond donors (Lipinski definition) is 3. The smallest absolute Gasteiger partial charge is 0.251 e. The highest BCUT2D eigenvalue weighted by Gasteiger charge is 2.25. The molecule has 4 aromatic rings. The van der Waals surface area contributed by atoms with E-state index < -0.39 is 0 Å². The van der Waals surface area contributed by atoms with Gasteiger partial charge in [0.15, 0.2) is 5.65 Å². The van der Waals surface area contributed by atoms with Crippen molar-refractivity contribution in [1.82, 2.24) is 30.0 Å². The first-order valence-electron chi connectivity index (χ1n) is 8.75.